The van der Waals surface area contributed by atoms with Gasteiger partial charge in [-0.15, -0.1) is 0 Å². The number of anilines is 2. The first-order chi connectivity index (χ1) is 15.2. The number of likely N-dealkylation sites (N-methyl/N-ethyl adjacent to an activating group) is 1. The fraction of sp³-hybridized carbons (Fsp3) is 0.560. The minimum absolute atomic E-state index is 0.0891. The van der Waals surface area contributed by atoms with E-state index < -0.39 is 0 Å². The van der Waals surface area contributed by atoms with Crippen molar-refractivity contribution in [3.8, 4) is 0 Å². The Morgan fingerprint density at radius 3 is 1.81 bits per heavy atom. The lowest BCUT2D eigenvalue weighted by Gasteiger charge is -2.37. The van der Waals surface area contributed by atoms with E-state index in [1.807, 2.05) is 24.0 Å². The van der Waals surface area contributed by atoms with Gasteiger partial charge in [0.05, 0.1) is 0 Å². The molecule has 1 amide bonds. The van der Waals surface area contributed by atoms with E-state index in [1.54, 1.807) is 0 Å². The molecule has 1 aromatic carbocycles. The van der Waals surface area contributed by atoms with Crippen molar-refractivity contribution >= 4 is 17.5 Å². The van der Waals surface area contributed by atoms with Gasteiger partial charge in [-0.3, -0.25) is 4.79 Å². The molecular formula is C25H36N6O. The molecule has 32 heavy (non-hydrogen) atoms. The van der Waals surface area contributed by atoms with E-state index in [1.165, 1.54) is 5.56 Å². The van der Waals surface area contributed by atoms with Crippen LogP contribution in [-0.2, 0) is 5.41 Å². The van der Waals surface area contributed by atoms with Gasteiger partial charge < -0.3 is 19.6 Å². The SMILES string of the molecule is Cc1nc(N2CCN(C)CC2)cc(N2CCN(C(=O)c3ccc(C(C)(C)C)cc3)CC2)n1. The molecule has 2 fully saturated rings. The van der Waals surface area contributed by atoms with Crippen LogP contribution in [0.25, 0.3) is 0 Å². The lowest BCUT2D eigenvalue weighted by atomic mass is 9.86. The van der Waals surface area contributed by atoms with Crippen molar-refractivity contribution in [1.29, 1.82) is 0 Å². The summed E-state index contributed by atoms with van der Waals surface area (Å²) in [4.78, 5) is 31.3. The molecule has 2 aliphatic heterocycles. The number of aryl methyl sites for hydroxylation is 1. The number of carbonyl (C=O) groups excluding carboxylic acids is 1. The Labute approximate surface area is 192 Å². The number of piperazine rings is 2. The Bertz CT molecular complexity index is 936. The molecule has 0 N–H and O–H groups in total. The summed E-state index contributed by atoms with van der Waals surface area (Å²) < 4.78 is 0. The molecule has 1 aromatic heterocycles. The highest BCUT2D eigenvalue weighted by molar-refractivity contribution is 5.94. The molecule has 2 aromatic rings. The highest BCUT2D eigenvalue weighted by Crippen LogP contribution is 2.24. The fourth-order valence-corrected chi connectivity index (χ4v) is 4.33. The smallest absolute Gasteiger partial charge is 0.253 e. The maximum absolute atomic E-state index is 13.0. The third kappa shape index (κ3) is 5.04. The molecule has 0 aliphatic carbocycles. The monoisotopic (exact) mass is 436 g/mol. The fourth-order valence-electron chi connectivity index (χ4n) is 4.33. The van der Waals surface area contributed by atoms with Crippen LogP contribution in [-0.4, -0.2) is 85.1 Å². The van der Waals surface area contributed by atoms with Gasteiger partial charge >= 0.3 is 0 Å². The summed E-state index contributed by atoms with van der Waals surface area (Å²) in [5, 5.41) is 0. The van der Waals surface area contributed by atoms with E-state index in [-0.39, 0.29) is 11.3 Å². The van der Waals surface area contributed by atoms with Crippen LogP contribution in [0.5, 0.6) is 0 Å². The molecule has 0 unspecified atom stereocenters. The van der Waals surface area contributed by atoms with Gasteiger partial charge in [-0.1, -0.05) is 32.9 Å². The van der Waals surface area contributed by atoms with Crippen LogP contribution in [0.3, 0.4) is 0 Å². The van der Waals surface area contributed by atoms with Gasteiger partial charge in [-0.05, 0) is 37.1 Å². The van der Waals surface area contributed by atoms with Crippen LogP contribution < -0.4 is 9.80 Å². The third-order valence-electron chi connectivity index (χ3n) is 6.53. The van der Waals surface area contributed by atoms with Gasteiger partial charge in [0.25, 0.3) is 5.91 Å². The zero-order chi connectivity index (χ0) is 22.9. The van der Waals surface area contributed by atoms with Crippen molar-refractivity contribution in [2.24, 2.45) is 0 Å². The minimum Gasteiger partial charge on any atom is -0.354 e. The summed E-state index contributed by atoms with van der Waals surface area (Å²) in [6.45, 7) is 15.6. The molecule has 7 heteroatoms. The largest absolute Gasteiger partial charge is 0.354 e. The molecule has 0 bridgehead atoms. The van der Waals surface area contributed by atoms with Gasteiger partial charge in [0.1, 0.15) is 17.5 Å². The summed E-state index contributed by atoms with van der Waals surface area (Å²) in [5.74, 6) is 2.89. The van der Waals surface area contributed by atoms with Gasteiger partial charge in [-0.25, -0.2) is 9.97 Å². The first-order valence-electron chi connectivity index (χ1n) is 11.6. The summed E-state index contributed by atoms with van der Waals surface area (Å²) in [5.41, 5.74) is 2.10. The first kappa shape index (κ1) is 22.5. The van der Waals surface area contributed by atoms with Crippen molar-refractivity contribution in [2.75, 3.05) is 69.2 Å². The Kier molecular flexibility index (Phi) is 6.38. The molecule has 2 saturated heterocycles. The van der Waals surface area contributed by atoms with Crippen LogP contribution in [0.2, 0.25) is 0 Å². The molecule has 172 valence electrons. The van der Waals surface area contributed by atoms with E-state index in [9.17, 15) is 4.79 Å². The molecule has 7 nitrogen and oxygen atoms in total. The zero-order valence-corrected chi connectivity index (χ0v) is 20.1. The normalized spacial score (nSPS) is 18.2. The number of carbonyl (C=O) groups is 1. The van der Waals surface area contributed by atoms with Crippen LogP contribution in [0.15, 0.2) is 30.3 Å². The summed E-state index contributed by atoms with van der Waals surface area (Å²) in [6.07, 6.45) is 0. The number of amides is 1. The van der Waals surface area contributed by atoms with Gasteiger partial charge in [0.2, 0.25) is 0 Å². The predicted octanol–water partition coefficient (Wildman–Crippen LogP) is 2.80. The maximum Gasteiger partial charge on any atom is 0.253 e. The van der Waals surface area contributed by atoms with Crippen molar-refractivity contribution < 1.29 is 4.79 Å². The first-order valence-corrected chi connectivity index (χ1v) is 11.6. The van der Waals surface area contributed by atoms with Crippen molar-refractivity contribution in [2.45, 2.75) is 33.1 Å². The second kappa shape index (κ2) is 9.06. The van der Waals surface area contributed by atoms with Crippen LogP contribution in [0.4, 0.5) is 11.6 Å². The summed E-state index contributed by atoms with van der Waals surface area (Å²) in [7, 11) is 2.16. The quantitative estimate of drug-likeness (QED) is 0.738. The predicted molar refractivity (Wildman–Crippen MR) is 130 cm³/mol. The Morgan fingerprint density at radius 2 is 1.31 bits per heavy atom. The Balaban J connectivity index is 1.40. The van der Waals surface area contributed by atoms with Crippen molar-refractivity contribution in [3.63, 3.8) is 0 Å². The van der Waals surface area contributed by atoms with E-state index in [0.717, 1.165) is 62.3 Å². The average Bonchev–Trinajstić information content (AvgIpc) is 2.78. The summed E-state index contributed by atoms with van der Waals surface area (Å²) >= 11 is 0. The third-order valence-corrected chi connectivity index (χ3v) is 6.53. The number of benzene rings is 1. The van der Waals surface area contributed by atoms with Gasteiger partial charge in [0.15, 0.2) is 0 Å². The Morgan fingerprint density at radius 1 is 0.812 bits per heavy atom. The van der Waals surface area contributed by atoms with Crippen LogP contribution >= 0.6 is 0 Å². The molecule has 0 spiro atoms. The van der Waals surface area contributed by atoms with Gasteiger partial charge in [-0.2, -0.15) is 0 Å². The standard InChI is InChI=1S/C25H36N6O/c1-19-26-22(29-12-10-28(5)11-13-29)18-23(27-19)30-14-16-31(17-15-30)24(32)20-6-8-21(9-7-20)25(2,3)4/h6-9,18H,10-17H2,1-5H3. The van der Waals surface area contributed by atoms with Crippen LogP contribution in [0, 0.1) is 6.92 Å². The lowest BCUT2D eigenvalue weighted by Crippen LogP contribution is -2.49. The molecular weight excluding hydrogens is 400 g/mol. The van der Waals surface area contributed by atoms with Crippen molar-refractivity contribution in [1.82, 2.24) is 19.8 Å². The number of hydrogen-bond donors (Lipinski definition) is 0. The number of aromatic nitrogens is 2. The number of rotatable bonds is 3. The average molecular weight is 437 g/mol. The molecule has 0 saturated carbocycles. The second-order valence-electron chi connectivity index (χ2n) is 10.0. The molecule has 4 rings (SSSR count). The summed E-state index contributed by atoms with van der Waals surface area (Å²) in [6, 6.07) is 10.2. The number of nitrogens with zero attached hydrogens (tertiary/aromatic N) is 6. The zero-order valence-electron chi connectivity index (χ0n) is 20.1. The van der Waals surface area contributed by atoms with Gasteiger partial charge in [0, 0.05) is 64.0 Å². The van der Waals surface area contributed by atoms with Crippen LogP contribution in [0.1, 0.15) is 42.5 Å². The van der Waals surface area contributed by atoms with Crippen molar-refractivity contribution in [3.05, 3.63) is 47.3 Å². The molecule has 0 atom stereocenters. The highest BCUT2D eigenvalue weighted by Gasteiger charge is 2.25. The van der Waals surface area contributed by atoms with E-state index >= 15 is 0 Å². The minimum atomic E-state index is 0.0891. The lowest BCUT2D eigenvalue weighted by molar-refractivity contribution is 0.0746. The Hall–Kier alpha value is -2.67. The molecule has 0 radical (unpaired) electrons. The molecule has 2 aliphatic rings. The van der Waals surface area contributed by atoms with E-state index in [4.69, 9.17) is 4.98 Å². The number of hydrogen-bond acceptors (Lipinski definition) is 6. The highest BCUT2D eigenvalue weighted by atomic mass is 16.2. The molecule has 3 heterocycles. The van der Waals surface area contributed by atoms with E-state index in [2.05, 4.69) is 65.7 Å². The van der Waals surface area contributed by atoms with E-state index in [0.29, 0.717) is 13.1 Å². The maximum atomic E-state index is 13.0. The topological polar surface area (TPSA) is 55.8 Å². The second-order valence-corrected chi connectivity index (χ2v) is 10.0.